The molecule has 1 aromatic rings. The lowest BCUT2D eigenvalue weighted by atomic mass is 10.1. The molecule has 3 N–H and O–H groups in total. The molecule has 1 aliphatic rings. The zero-order chi connectivity index (χ0) is 15.1. The fraction of sp³-hybridized carbons (Fsp3) is 0.562. The summed E-state index contributed by atoms with van der Waals surface area (Å²) in [5.41, 5.74) is 6.64. The van der Waals surface area contributed by atoms with Crippen molar-refractivity contribution in [3.8, 4) is 0 Å². The molecule has 1 unspecified atom stereocenters. The number of amides is 1. The van der Waals surface area contributed by atoms with Crippen LogP contribution in [0, 0.1) is 0 Å². The summed E-state index contributed by atoms with van der Waals surface area (Å²) in [5.74, 6) is 0. The van der Waals surface area contributed by atoms with Gasteiger partial charge in [-0.1, -0.05) is 30.3 Å². The number of hydrogen-bond donors (Lipinski definition) is 2. The number of likely N-dealkylation sites (tertiary alicyclic amines) is 1. The van der Waals surface area contributed by atoms with Crippen LogP contribution in [-0.4, -0.2) is 42.7 Å². The van der Waals surface area contributed by atoms with Gasteiger partial charge < -0.3 is 20.7 Å². The van der Waals surface area contributed by atoms with Gasteiger partial charge in [0, 0.05) is 31.7 Å². The number of ether oxygens (including phenoxy) is 1. The summed E-state index contributed by atoms with van der Waals surface area (Å²) in [6, 6.07) is 10.3. The van der Waals surface area contributed by atoms with Gasteiger partial charge in [-0.25, -0.2) is 4.79 Å². The van der Waals surface area contributed by atoms with Crippen LogP contribution in [0.1, 0.15) is 25.3 Å². The predicted octanol–water partition coefficient (Wildman–Crippen LogP) is 1.72. The topological polar surface area (TPSA) is 67.6 Å². The average molecular weight is 291 g/mol. The summed E-state index contributed by atoms with van der Waals surface area (Å²) >= 11 is 0. The fourth-order valence-electron chi connectivity index (χ4n) is 2.56. The standard InChI is InChI=1S/C16H25N3O2/c1-13(10-17)18-15-8-5-9-19(11-15)16(20)21-12-14-6-3-2-4-7-14/h2-4,6-7,13,15,18H,5,8-12,17H2,1H3/t13?,15-/m0/s1. The third-order valence-corrected chi connectivity index (χ3v) is 3.76. The van der Waals surface area contributed by atoms with Gasteiger partial charge in [0.15, 0.2) is 0 Å². The number of carbonyl (C=O) groups is 1. The van der Waals surface area contributed by atoms with Crippen molar-refractivity contribution >= 4 is 6.09 Å². The smallest absolute Gasteiger partial charge is 0.410 e. The molecule has 5 nitrogen and oxygen atoms in total. The minimum atomic E-state index is -0.231. The first kappa shape index (κ1) is 15.8. The van der Waals surface area contributed by atoms with Crippen LogP contribution >= 0.6 is 0 Å². The van der Waals surface area contributed by atoms with E-state index in [0.29, 0.717) is 25.7 Å². The van der Waals surface area contributed by atoms with Crippen molar-refractivity contribution in [1.82, 2.24) is 10.2 Å². The molecule has 0 bridgehead atoms. The Morgan fingerprint density at radius 2 is 2.24 bits per heavy atom. The lowest BCUT2D eigenvalue weighted by Gasteiger charge is -2.34. The van der Waals surface area contributed by atoms with Gasteiger partial charge in [-0.3, -0.25) is 0 Å². The van der Waals surface area contributed by atoms with E-state index in [9.17, 15) is 4.79 Å². The third-order valence-electron chi connectivity index (χ3n) is 3.76. The first-order chi connectivity index (χ1) is 10.2. The summed E-state index contributed by atoms with van der Waals surface area (Å²) < 4.78 is 5.38. The molecule has 0 radical (unpaired) electrons. The SMILES string of the molecule is CC(CN)N[C@H]1CCCN(C(=O)OCc2ccccc2)C1. The van der Waals surface area contributed by atoms with Crippen molar-refractivity contribution in [3.05, 3.63) is 35.9 Å². The van der Waals surface area contributed by atoms with Crippen LogP contribution in [0.15, 0.2) is 30.3 Å². The van der Waals surface area contributed by atoms with Gasteiger partial charge in [-0.2, -0.15) is 0 Å². The summed E-state index contributed by atoms with van der Waals surface area (Å²) in [6.07, 6.45) is 1.84. The monoisotopic (exact) mass is 291 g/mol. The van der Waals surface area contributed by atoms with Gasteiger partial charge >= 0.3 is 6.09 Å². The highest BCUT2D eigenvalue weighted by Gasteiger charge is 2.25. The molecule has 0 aliphatic carbocycles. The summed E-state index contributed by atoms with van der Waals surface area (Å²) in [5, 5.41) is 3.45. The number of piperidine rings is 1. The molecule has 5 heteroatoms. The molecule has 1 aromatic carbocycles. The number of hydrogen-bond acceptors (Lipinski definition) is 4. The fourth-order valence-corrected chi connectivity index (χ4v) is 2.56. The van der Waals surface area contributed by atoms with E-state index >= 15 is 0 Å². The molecule has 2 rings (SSSR count). The summed E-state index contributed by atoms with van der Waals surface area (Å²) in [7, 11) is 0. The van der Waals surface area contributed by atoms with E-state index in [-0.39, 0.29) is 12.1 Å². The quantitative estimate of drug-likeness (QED) is 0.867. The third kappa shape index (κ3) is 5.02. The van der Waals surface area contributed by atoms with Crippen molar-refractivity contribution < 1.29 is 9.53 Å². The molecule has 1 aliphatic heterocycles. The molecule has 1 fully saturated rings. The zero-order valence-corrected chi connectivity index (χ0v) is 12.6. The predicted molar refractivity (Wildman–Crippen MR) is 82.9 cm³/mol. The molecule has 0 saturated carbocycles. The van der Waals surface area contributed by atoms with Gasteiger partial charge in [-0.15, -0.1) is 0 Å². The van der Waals surface area contributed by atoms with E-state index in [0.717, 1.165) is 24.9 Å². The Morgan fingerprint density at radius 1 is 1.48 bits per heavy atom. The molecule has 0 aromatic heterocycles. The van der Waals surface area contributed by atoms with Crippen LogP contribution < -0.4 is 11.1 Å². The van der Waals surface area contributed by atoms with Gasteiger partial charge in [0.25, 0.3) is 0 Å². The van der Waals surface area contributed by atoms with Crippen LogP contribution in [0.4, 0.5) is 4.79 Å². The number of nitrogens with one attached hydrogen (secondary N) is 1. The molecule has 1 saturated heterocycles. The van der Waals surface area contributed by atoms with Gasteiger partial charge in [0.2, 0.25) is 0 Å². The molecule has 116 valence electrons. The first-order valence-electron chi connectivity index (χ1n) is 7.60. The Bertz CT molecular complexity index is 438. The maximum atomic E-state index is 12.1. The Labute approximate surface area is 126 Å². The highest BCUT2D eigenvalue weighted by Crippen LogP contribution is 2.13. The normalized spacial score (nSPS) is 20.1. The first-order valence-corrected chi connectivity index (χ1v) is 7.60. The minimum Gasteiger partial charge on any atom is -0.445 e. The van der Waals surface area contributed by atoms with Crippen LogP contribution in [0.3, 0.4) is 0 Å². The molecule has 2 atom stereocenters. The maximum absolute atomic E-state index is 12.1. The van der Waals surface area contributed by atoms with Gasteiger partial charge in [0.05, 0.1) is 0 Å². The van der Waals surface area contributed by atoms with E-state index in [4.69, 9.17) is 10.5 Å². The van der Waals surface area contributed by atoms with E-state index in [2.05, 4.69) is 12.2 Å². The Kier molecular flexibility index (Phi) is 6.02. The van der Waals surface area contributed by atoms with Crippen LogP contribution in [-0.2, 0) is 11.3 Å². The second kappa shape index (κ2) is 8.00. The largest absolute Gasteiger partial charge is 0.445 e. The van der Waals surface area contributed by atoms with Crippen LogP contribution in [0.25, 0.3) is 0 Å². The lowest BCUT2D eigenvalue weighted by Crippen LogP contribution is -2.51. The number of rotatable bonds is 5. The zero-order valence-electron chi connectivity index (χ0n) is 12.6. The van der Waals surface area contributed by atoms with E-state index in [1.807, 2.05) is 30.3 Å². The van der Waals surface area contributed by atoms with Gasteiger partial charge in [0.1, 0.15) is 6.61 Å². The van der Waals surface area contributed by atoms with Crippen molar-refractivity contribution in [3.63, 3.8) is 0 Å². The summed E-state index contributed by atoms with van der Waals surface area (Å²) in [6.45, 7) is 4.45. The number of nitrogens with two attached hydrogens (primary N) is 1. The second-order valence-electron chi connectivity index (χ2n) is 5.63. The van der Waals surface area contributed by atoms with E-state index < -0.39 is 0 Å². The molecule has 0 spiro atoms. The molecule has 1 heterocycles. The van der Waals surface area contributed by atoms with Crippen molar-refractivity contribution in [2.24, 2.45) is 5.73 Å². The van der Waals surface area contributed by atoms with Crippen molar-refractivity contribution in [2.45, 2.75) is 38.5 Å². The van der Waals surface area contributed by atoms with Crippen LogP contribution in [0.2, 0.25) is 0 Å². The Hall–Kier alpha value is -1.59. The highest BCUT2D eigenvalue weighted by atomic mass is 16.6. The summed E-state index contributed by atoms with van der Waals surface area (Å²) in [4.78, 5) is 13.9. The van der Waals surface area contributed by atoms with E-state index in [1.54, 1.807) is 4.90 Å². The van der Waals surface area contributed by atoms with Crippen LogP contribution in [0.5, 0.6) is 0 Å². The van der Waals surface area contributed by atoms with Gasteiger partial charge in [-0.05, 0) is 25.3 Å². The average Bonchev–Trinajstić information content (AvgIpc) is 2.53. The van der Waals surface area contributed by atoms with Crippen molar-refractivity contribution in [1.29, 1.82) is 0 Å². The highest BCUT2D eigenvalue weighted by molar-refractivity contribution is 5.67. The Balaban J connectivity index is 1.79. The maximum Gasteiger partial charge on any atom is 0.410 e. The lowest BCUT2D eigenvalue weighted by molar-refractivity contribution is 0.0824. The van der Waals surface area contributed by atoms with E-state index in [1.165, 1.54) is 0 Å². The number of carbonyl (C=O) groups excluding carboxylic acids is 1. The second-order valence-corrected chi connectivity index (χ2v) is 5.63. The van der Waals surface area contributed by atoms with Crippen molar-refractivity contribution in [2.75, 3.05) is 19.6 Å². The molecule has 1 amide bonds. The number of nitrogens with zero attached hydrogens (tertiary/aromatic N) is 1. The minimum absolute atomic E-state index is 0.231. The number of benzene rings is 1. The molecular weight excluding hydrogens is 266 g/mol. The molecular formula is C16H25N3O2. The molecule has 21 heavy (non-hydrogen) atoms. The Morgan fingerprint density at radius 3 is 2.95 bits per heavy atom.